The number of piperazine rings is 1. The van der Waals surface area contributed by atoms with E-state index in [0.717, 1.165) is 43.6 Å². The Kier molecular flexibility index (Phi) is 4.66. The molecule has 1 aliphatic carbocycles. The topological polar surface area (TPSA) is 33.7 Å². The van der Waals surface area contributed by atoms with Gasteiger partial charge in [-0.05, 0) is 24.5 Å². The molecular weight excluding hydrogens is 264 g/mol. The summed E-state index contributed by atoms with van der Waals surface area (Å²) in [6, 6.07) is 6.53. The summed E-state index contributed by atoms with van der Waals surface area (Å²) in [5, 5.41) is 3.44. The molecule has 0 unspecified atom stereocenters. The van der Waals surface area contributed by atoms with Crippen molar-refractivity contribution in [1.82, 2.24) is 10.2 Å². The second kappa shape index (κ2) is 6.67. The molecule has 1 aliphatic heterocycles. The fourth-order valence-corrected chi connectivity index (χ4v) is 3.32. The molecule has 116 valence electrons. The van der Waals surface area contributed by atoms with Gasteiger partial charge in [-0.15, -0.1) is 0 Å². The van der Waals surface area contributed by atoms with Crippen LogP contribution >= 0.6 is 0 Å². The summed E-state index contributed by atoms with van der Waals surface area (Å²) >= 11 is 0. The van der Waals surface area contributed by atoms with Gasteiger partial charge in [-0.3, -0.25) is 4.90 Å². The molecule has 0 spiro atoms. The van der Waals surface area contributed by atoms with E-state index in [-0.39, 0.29) is 0 Å². The molecule has 0 bridgehead atoms. The summed E-state index contributed by atoms with van der Waals surface area (Å²) in [7, 11) is 3.51. The number of hydrogen-bond donors (Lipinski definition) is 1. The lowest BCUT2D eigenvalue weighted by Gasteiger charge is -2.36. The van der Waals surface area contributed by atoms with Gasteiger partial charge in [-0.2, -0.15) is 0 Å². The van der Waals surface area contributed by atoms with Crippen LogP contribution in [0.3, 0.4) is 0 Å². The summed E-state index contributed by atoms with van der Waals surface area (Å²) in [6.45, 7) is 4.33. The Morgan fingerprint density at radius 1 is 1.14 bits per heavy atom. The van der Waals surface area contributed by atoms with Crippen molar-refractivity contribution in [2.75, 3.05) is 40.4 Å². The predicted octanol–water partition coefficient (Wildman–Crippen LogP) is 2.45. The first-order chi connectivity index (χ1) is 10.3. The zero-order valence-corrected chi connectivity index (χ0v) is 13.1. The Morgan fingerprint density at radius 2 is 1.76 bits per heavy atom. The van der Waals surface area contributed by atoms with E-state index in [9.17, 15) is 0 Å². The first-order valence-electron chi connectivity index (χ1n) is 7.99. The van der Waals surface area contributed by atoms with Crippen molar-refractivity contribution < 1.29 is 9.47 Å². The summed E-state index contributed by atoms with van der Waals surface area (Å²) in [6.07, 6.45) is 3.97. The minimum absolute atomic E-state index is 0.408. The van der Waals surface area contributed by atoms with Gasteiger partial charge in [-0.25, -0.2) is 0 Å². The molecular formula is C17H26N2O2. The van der Waals surface area contributed by atoms with Crippen LogP contribution in [0.15, 0.2) is 18.2 Å². The molecule has 0 aromatic heterocycles. The van der Waals surface area contributed by atoms with Gasteiger partial charge in [0.05, 0.1) is 19.8 Å². The van der Waals surface area contributed by atoms with Crippen LogP contribution in [0.25, 0.3) is 0 Å². The van der Waals surface area contributed by atoms with Gasteiger partial charge in [0.2, 0.25) is 0 Å². The Bertz CT molecular complexity index is 446. The molecule has 4 heteroatoms. The third kappa shape index (κ3) is 3.33. The molecule has 2 fully saturated rings. The average molecular weight is 290 g/mol. The van der Waals surface area contributed by atoms with Gasteiger partial charge in [0, 0.05) is 32.2 Å². The van der Waals surface area contributed by atoms with Gasteiger partial charge in [0.15, 0.2) is 0 Å². The molecule has 1 aromatic rings. The van der Waals surface area contributed by atoms with Crippen LogP contribution in [0, 0.1) is 5.92 Å². The summed E-state index contributed by atoms with van der Waals surface area (Å²) in [5.74, 6) is 2.79. The van der Waals surface area contributed by atoms with Crippen molar-refractivity contribution in [1.29, 1.82) is 0 Å². The van der Waals surface area contributed by atoms with Crippen LogP contribution < -0.4 is 14.8 Å². The fourth-order valence-electron chi connectivity index (χ4n) is 3.32. The van der Waals surface area contributed by atoms with E-state index in [0.29, 0.717) is 6.04 Å². The Balaban J connectivity index is 1.93. The first-order valence-corrected chi connectivity index (χ1v) is 7.99. The standard InChI is InChI=1S/C17H26N2O2/c1-20-15-4-3-5-16(21-2)17(15)14(12-13-6-7-13)19-10-8-18-9-11-19/h3-5,13-14,18H,6-12H2,1-2H3/t14-/m1/s1. The number of rotatable bonds is 6. The predicted molar refractivity (Wildman–Crippen MR) is 84.1 cm³/mol. The minimum atomic E-state index is 0.408. The van der Waals surface area contributed by atoms with E-state index in [4.69, 9.17) is 9.47 Å². The minimum Gasteiger partial charge on any atom is -0.496 e. The van der Waals surface area contributed by atoms with Crippen LogP contribution in [-0.2, 0) is 0 Å². The summed E-state index contributed by atoms with van der Waals surface area (Å²) < 4.78 is 11.3. The van der Waals surface area contributed by atoms with Gasteiger partial charge < -0.3 is 14.8 Å². The van der Waals surface area contributed by atoms with Crippen LogP contribution in [-0.4, -0.2) is 45.3 Å². The van der Waals surface area contributed by atoms with E-state index < -0.39 is 0 Å². The average Bonchev–Trinajstić information content (AvgIpc) is 3.37. The van der Waals surface area contributed by atoms with Gasteiger partial charge >= 0.3 is 0 Å². The molecule has 1 aromatic carbocycles. The van der Waals surface area contributed by atoms with E-state index in [2.05, 4.69) is 22.3 Å². The quantitative estimate of drug-likeness (QED) is 0.872. The fraction of sp³-hybridized carbons (Fsp3) is 0.647. The van der Waals surface area contributed by atoms with Crippen LogP contribution in [0.4, 0.5) is 0 Å². The second-order valence-electron chi connectivity index (χ2n) is 6.06. The van der Waals surface area contributed by atoms with Crippen molar-refractivity contribution >= 4 is 0 Å². The third-order valence-electron chi connectivity index (χ3n) is 4.65. The highest BCUT2D eigenvalue weighted by molar-refractivity contribution is 5.47. The Morgan fingerprint density at radius 3 is 2.29 bits per heavy atom. The first kappa shape index (κ1) is 14.7. The molecule has 2 aliphatic rings. The Hall–Kier alpha value is -1.26. The maximum absolute atomic E-state index is 5.64. The van der Waals surface area contributed by atoms with Crippen molar-refractivity contribution in [3.63, 3.8) is 0 Å². The van der Waals surface area contributed by atoms with Crippen LogP contribution in [0.1, 0.15) is 30.9 Å². The van der Waals surface area contributed by atoms with Crippen LogP contribution in [0.5, 0.6) is 11.5 Å². The van der Waals surface area contributed by atoms with E-state index in [1.165, 1.54) is 24.8 Å². The SMILES string of the molecule is COc1cccc(OC)c1[C@@H](CC1CC1)N1CCNCC1. The van der Waals surface area contributed by atoms with Gasteiger partial charge in [0.25, 0.3) is 0 Å². The molecule has 3 rings (SSSR count). The van der Waals surface area contributed by atoms with E-state index in [1.54, 1.807) is 14.2 Å². The number of benzene rings is 1. The molecule has 1 N–H and O–H groups in total. The van der Waals surface area contributed by atoms with Crippen molar-refractivity contribution in [3.8, 4) is 11.5 Å². The number of methoxy groups -OCH3 is 2. The molecule has 1 atom stereocenters. The van der Waals surface area contributed by atoms with Gasteiger partial charge in [0.1, 0.15) is 11.5 Å². The summed E-state index contributed by atoms with van der Waals surface area (Å²) in [5.41, 5.74) is 1.23. The molecule has 0 radical (unpaired) electrons. The third-order valence-corrected chi connectivity index (χ3v) is 4.65. The maximum Gasteiger partial charge on any atom is 0.127 e. The molecule has 21 heavy (non-hydrogen) atoms. The molecule has 4 nitrogen and oxygen atoms in total. The highest BCUT2D eigenvalue weighted by Crippen LogP contribution is 2.45. The lowest BCUT2D eigenvalue weighted by molar-refractivity contribution is 0.155. The van der Waals surface area contributed by atoms with Gasteiger partial charge in [-0.1, -0.05) is 18.9 Å². The van der Waals surface area contributed by atoms with E-state index >= 15 is 0 Å². The molecule has 1 saturated carbocycles. The zero-order chi connectivity index (χ0) is 14.7. The normalized spacial score (nSPS) is 21.0. The van der Waals surface area contributed by atoms with Crippen molar-refractivity contribution in [3.05, 3.63) is 23.8 Å². The lowest BCUT2D eigenvalue weighted by Crippen LogP contribution is -2.45. The van der Waals surface area contributed by atoms with Crippen LogP contribution in [0.2, 0.25) is 0 Å². The maximum atomic E-state index is 5.64. The van der Waals surface area contributed by atoms with E-state index in [1.807, 2.05) is 6.07 Å². The van der Waals surface area contributed by atoms with Crippen molar-refractivity contribution in [2.24, 2.45) is 5.92 Å². The molecule has 1 saturated heterocycles. The smallest absolute Gasteiger partial charge is 0.127 e. The molecule has 1 heterocycles. The molecule has 0 amide bonds. The Labute approximate surface area is 127 Å². The zero-order valence-electron chi connectivity index (χ0n) is 13.1. The number of hydrogen-bond acceptors (Lipinski definition) is 4. The van der Waals surface area contributed by atoms with Crippen molar-refractivity contribution in [2.45, 2.75) is 25.3 Å². The second-order valence-corrected chi connectivity index (χ2v) is 6.06. The number of nitrogens with zero attached hydrogens (tertiary/aromatic N) is 1. The summed E-state index contributed by atoms with van der Waals surface area (Å²) in [4.78, 5) is 2.59. The highest BCUT2D eigenvalue weighted by atomic mass is 16.5. The number of ether oxygens (including phenoxy) is 2. The largest absolute Gasteiger partial charge is 0.496 e. The highest BCUT2D eigenvalue weighted by Gasteiger charge is 2.33. The monoisotopic (exact) mass is 290 g/mol. The lowest BCUT2D eigenvalue weighted by atomic mass is 9.96. The number of nitrogens with one attached hydrogen (secondary N) is 1.